The second-order valence-electron chi connectivity index (χ2n) is 8.04. The molecule has 0 aromatic carbocycles. The van der Waals surface area contributed by atoms with Gasteiger partial charge >= 0.3 is 0 Å². The van der Waals surface area contributed by atoms with E-state index in [1.165, 1.54) is 24.2 Å². The monoisotopic (exact) mass is 355 g/mol. The first kappa shape index (κ1) is 17.3. The van der Waals surface area contributed by atoms with Gasteiger partial charge in [0.05, 0.1) is 11.4 Å². The molecular formula is C20H29N5O. The van der Waals surface area contributed by atoms with E-state index in [-0.39, 0.29) is 5.91 Å². The molecule has 6 heteroatoms. The first-order valence-corrected chi connectivity index (χ1v) is 9.69. The van der Waals surface area contributed by atoms with Gasteiger partial charge in [0, 0.05) is 58.1 Å². The highest BCUT2D eigenvalue weighted by molar-refractivity contribution is 5.76. The van der Waals surface area contributed by atoms with Crippen molar-refractivity contribution in [3.05, 3.63) is 41.5 Å². The van der Waals surface area contributed by atoms with Crippen LogP contribution in [0.15, 0.2) is 24.4 Å². The van der Waals surface area contributed by atoms with Crippen molar-refractivity contribution in [2.24, 2.45) is 18.9 Å². The number of hydrogen-bond donors (Lipinski definition) is 1. The highest BCUT2D eigenvalue weighted by Crippen LogP contribution is 2.27. The number of nitrogens with one attached hydrogen (secondary N) is 1. The summed E-state index contributed by atoms with van der Waals surface area (Å²) in [6.07, 6.45) is 5.29. The molecule has 0 spiro atoms. The molecule has 4 rings (SSSR count). The summed E-state index contributed by atoms with van der Waals surface area (Å²) < 4.78 is 4.28. The summed E-state index contributed by atoms with van der Waals surface area (Å²) in [4.78, 5) is 14.8. The highest BCUT2D eigenvalue weighted by Gasteiger charge is 2.26. The van der Waals surface area contributed by atoms with E-state index < -0.39 is 0 Å². The van der Waals surface area contributed by atoms with Crippen LogP contribution in [-0.2, 0) is 31.5 Å². The SMILES string of the molecule is Cc1cc(CN2Cc3cccn3CC(CC(=O)NCC3CC3)C2)n(C)n1. The Balaban J connectivity index is 1.44. The van der Waals surface area contributed by atoms with Gasteiger partial charge in [-0.2, -0.15) is 5.10 Å². The minimum Gasteiger partial charge on any atom is -0.356 e. The molecule has 1 aliphatic carbocycles. The quantitative estimate of drug-likeness (QED) is 0.863. The number of nitrogens with zero attached hydrogens (tertiary/aromatic N) is 4. The molecule has 0 bridgehead atoms. The third kappa shape index (κ3) is 4.18. The Labute approximate surface area is 155 Å². The van der Waals surface area contributed by atoms with Gasteiger partial charge in [0.2, 0.25) is 5.91 Å². The maximum atomic E-state index is 12.4. The molecule has 1 unspecified atom stereocenters. The molecule has 1 amide bonds. The molecule has 26 heavy (non-hydrogen) atoms. The average Bonchev–Trinajstić information content (AvgIpc) is 3.27. The van der Waals surface area contributed by atoms with E-state index in [0.717, 1.165) is 44.3 Å². The van der Waals surface area contributed by atoms with Crippen LogP contribution >= 0.6 is 0 Å². The van der Waals surface area contributed by atoms with Crippen molar-refractivity contribution in [3.63, 3.8) is 0 Å². The molecule has 1 fully saturated rings. The smallest absolute Gasteiger partial charge is 0.220 e. The molecule has 0 radical (unpaired) electrons. The molecule has 1 atom stereocenters. The third-order valence-corrected chi connectivity index (χ3v) is 5.52. The molecule has 3 heterocycles. The maximum absolute atomic E-state index is 12.4. The van der Waals surface area contributed by atoms with E-state index in [2.05, 4.69) is 44.3 Å². The first-order chi connectivity index (χ1) is 12.6. The summed E-state index contributed by atoms with van der Waals surface area (Å²) in [7, 11) is 2.01. The van der Waals surface area contributed by atoms with Crippen LogP contribution in [0.25, 0.3) is 0 Å². The first-order valence-electron chi connectivity index (χ1n) is 9.69. The van der Waals surface area contributed by atoms with Crippen molar-refractivity contribution in [3.8, 4) is 0 Å². The molecule has 1 N–H and O–H groups in total. The summed E-state index contributed by atoms with van der Waals surface area (Å²) in [5.41, 5.74) is 3.60. The van der Waals surface area contributed by atoms with Crippen LogP contribution in [0, 0.1) is 18.8 Å². The standard InChI is InChI=1S/C20H29N5O/c1-15-8-19(23(2)22-15)14-24-11-17(9-20(26)21-10-16-5-6-16)12-25-7-3-4-18(25)13-24/h3-4,7-8,16-17H,5-6,9-14H2,1-2H3,(H,21,26). The summed E-state index contributed by atoms with van der Waals surface area (Å²) >= 11 is 0. The largest absolute Gasteiger partial charge is 0.356 e. The molecule has 2 aromatic rings. The number of carbonyl (C=O) groups is 1. The van der Waals surface area contributed by atoms with Gasteiger partial charge in [0.25, 0.3) is 0 Å². The third-order valence-electron chi connectivity index (χ3n) is 5.52. The minimum atomic E-state index is 0.203. The number of aryl methyl sites for hydroxylation is 2. The summed E-state index contributed by atoms with van der Waals surface area (Å²) in [6, 6.07) is 6.45. The van der Waals surface area contributed by atoms with Crippen molar-refractivity contribution >= 4 is 5.91 Å². The molecular weight excluding hydrogens is 326 g/mol. The Morgan fingerprint density at radius 2 is 2.15 bits per heavy atom. The molecule has 1 saturated carbocycles. The number of hydrogen-bond acceptors (Lipinski definition) is 3. The normalized spacial score (nSPS) is 20.6. The number of rotatable bonds is 6. The zero-order valence-electron chi connectivity index (χ0n) is 15.8. The zero-order chi connectivity index (χ0) is 18.1. The van der Waals surface area contributed by atoms with Crippen molar-refractivity contribution < 1.29 is 4.79 Å². The van der Waals surface area contributed by atoms with Crippen LogP contribution in [0.4, 0.5) is 0 Å². The van der Waals surface area contributed by atoms with Crippen molar-refractivity contribution in [2.75, 3.05) is 13.1 Å². The van der Waals surface area contributed by atoms with Crippen LogP contribution in [-0.4, -0.2) is 38.2 Å². The van der Waals surface area contributed by atoms with Gasteiger partial charge in [-0.1, -0.05) is 0 Å². The fourth-order valence-corrected chi connectivity index (χ4v) is 3.97. The second kappa shape index (κ2) is 7.27. The van der Waals surface area contributed by atoms with E-state index in [4.69, 9.17) is 0 Å². The summed E-state index contributed by atoms with van der Waals surface area (Å²) in [5.74, 6) is 1.26. The van der Waals surface area contributed by atoms with Gasteiger partial charge < -0.3 is 9.88 Å². The lowest BCUT2D eigenvalue weighted by Crippen LogP contribution is -2.33. The molecule has 1 aliphatic heterocycles. The van der Waals surface area contributed by atoms with Crippen LogP contribution in [0.2, 0.25) is 0 Å². The molecule has 6 nitrogen and oxygen atoms in total. The van der Waals surface area contributed by atoms with Crippen LogP contribution in [0.1, 0.15) is 36.3 Å². The van der Waals surface area contributed by atoms with Gasteiger partial charge in [0.15, 0.2) is 0 Å². The van der Waals surface area contributed by atoms with E-state index >= 15 is 0 Å². The van der Waals surface area contributed by atoms with Gasteiger partial charge in [-0.05, 0) is 49.8 Å². The number of aromatic nitrogens is 3. The van der Waals surface area contributed by atoms with E-state index in [1.54, 1.807) is 0 Å². The van der Waals surface area contributed by atoms with Crippen molar-refractivity contribution in [1.82, 2.24) is 24.6 Å². The Morgan fingerprint density at radius 1 is 1.31 bits per heavy atom. The highest BCUT2D eigenvalue weighted by atomic mass is 16.1. The average molecular weight is 355 g/mol. The fraction of sp³-hybridized carbons (Fsp3) is 0.600. The van der Waals surface area contributed by atoms with E-state index in [0.29, 0.717) is 12.3 Å². The summed E-state index contributed by atoms with van der Waals surface area (Å²) in [6.45, 7) is 6.52. The van der Waals surface area contributed by atoms with Gasteiger partial charge in [-0.3, -0.25) is 14.4 Å². The number of amides is 1. The lowest BCUT2D eigenvalue weighted by molar-refractivity contribution is -0.122. The Hall–Kier alpha value is -2.08. The second-order valence-corrected chi connectivity index (χ2v) is 8.04. The van der Waals surface area contributed by atoms with Crippen LogP contribution < -0.4 is 5.32 Å². The lowest BCUT2D eigenvalue weighted by atomic mass is 10.0. The Kier molecular flexibility index (Phi) is 4.85. The molecule has 2 aliphatic rings. The number of carbonyl (C=O) groups excluding carboxylic acids is 1. The minimum absolute atomic E-state index is 0.203. The Bertz CT molecular complexity index is 773. The van der Waals surface area contributed by atoms with Crippen LogP contribution in [0.3, 0.4) is 0 Å². The summed E-state index contributed by atoms with van der Waals surface area (Å²) in [5, 5.41) is 7.60. The fourth-order valence-electron chi connectivity index (χ4n) is 3.97. The molecule has 2 aromatic heterocycles. The van der Waals surface area contributed by atoms with Gasteiger partial charge in [0.1, 0.15) is 0 Å². The zero-order valence-corrected chi connectivity index (χ0v) is 15.8. The van der Waals surface area contributed by atoms with Gasteiger partial charge in [-0.15, -0.1) is 0 Å². The predicted molar refractivity (Wildman–Crippen MR) is 100 cm³/mol. The molecule has 140 valence electrons. The maximum Gasteiger partial charge on any atom is 0.220 e. The topological polar surface area (TPSA) is 55.1 Å². The van der Waals surface area contributed by atoms with Crippen molar-refractivity contribution in [2.45, 2.75) is 45.8 Å². The predicted octanol–water partition coefficient (Wildman–Crippen LogP) is 2.08. The number of fused-ring (bicyclic) bond motifs is 1. The van der Waals surface area contributed by atoms with E-state index in [9.17, 15) is 4.79 Å². The Morgan fingerprint density at radius 3 is 2.88 bits per heavy atom. The van der Waals surface area contributed by atoms with Gasteiger partial charge in [-0.25, -0.2) is 0 Å². The lowest BCUT2D eigenvalue weighted by Gasteiger charge is -2.23. The molecule has 0 saturated heterocycles. The van der Waals surface area contributed by atoms with E-state index in [1.807, 2.05) is 18.7 Å². The van der Waals surface area contributed by atoms with Crippen LogP contribution in [0.5, 0.6) is 0 Å². The van der Waals surface area contributed by atoms with Crippen molar-refractivity contribution in [1.29, 1.82) is 0 Å².